The van der Waals surface area contributed by atoms with E-state index in [0.717, 1.165) is 94.7 Å². The van der Waals surface area contributed by atoms with Crippen LogP contribution in [0.5, 0.6) is 0 Å². The van der Waals surface area contributed by atoms with Gasteiger partial charge in [0, 0.05) is 48.5 Å². The Labute approximate surface area is 360 Å². The summed E-state index contributed by atoms with van der Waals surface area (Å²) >= 11 is 6.29. The average molecular weight is 836 g/mol. The van der Waals surface area contributed by atoms with Gasteiger partial charge in [0.2, 0.25) is 0 Å². The number of aliphatic hydroxyl groups excluding tert-OH is 1. The minimum atomic E-state index is -1.17. The summed E-state index contributed by atoms with van der Waals surface area (Å²) in [5, 5.41) is 23.2. The number of nitrogens with zero attached hydrogens (tertiary/aromatic N) is 2. The zero-order valence-corrected chi connectivity index (χ0v) is 38.6. The van der Waals surface area contributed by atoms with Crippen LogP contribution in [0, 0.1) is 56.2 Å². The number of carboxylic acid groups (broad SMARTS) is 1. The van der Waals surface area contributed by atoms with Crippen molar-refractivity contribution in [3.05, 3.63) is 46.0 Å². The number of carboxylic acids is 1. The number of Topliss-reactive ketones (excluding diaryl/α,β-unsaturated/α-hetero) is 1. The summed E-state index contributed by atoms with van der Waals surface area (Å²) in [4.78, 5) is 44.4. The highest BCUT2D eigenvalue weighted by Gasteiger charge is 2.71. The molecule has 7 rings (SSSR count). The van der Waals surface area contributed by atoms with Crippen LogP contribution >= 0.6 is 11.6 Å². The number of carbonyl (C=O) groups excluding carboxylic acids is 2. The van der Waals surface area contributed by atoms with Gasteiger partial charge in [-0.05, 0) is 154 Å². The van der Waals surface area contributed by atoms with Crippen molar-refractivity contribution in [2.45, 2.75) is 158 Å². The molecule has 1 saturated heterocycles. The molecule has 0 amide bonds. The van der Waals surface area contributed by atoms with Crippen molar-refractivity contribution in [1.82, 2.24) is 9.80 Å². The minimum Gasteiger partial charge on any atom is -0.481 e. The number of fused-ring (bicyclic) bond motifs is 7. The molecule has 6 aliphatic rings. The molecule has 0 spiro atoms. The Kier molecular flexibility index (Phi) is 12.2. The van der Waals surface area contributed by atoms with E-state index in [2.05, 4.69) is 70.4 Å². The normalized spacial score (nSPS) is 36.3. The van der Waals surface area contributed by atoms with Gasteiger partial charge >= 0.3 is 11.9 Å². The molecule has 1 unspecified atom stereocenters. The zero-order chi connectivity index (χ0) is 42.9. The summed E-state index contributed by atoms with van der Waals surface area (Å²) in [7, 11) is 0. The van der Waals surface area contributed by atoms with Gasteiger partial charge in [-0.25, -0.2) is 0 Å². The largest absolute Gasteiger partial charge is 0.481 e. The van der Waals surface area contributed by atoms with E-state index in [1.165, 1.54) is 24.0 Å². The van der Waals surface area contributed by atoms with Gasteiger partial charge in [0.05, 0.1) is 17.9 Å². The van der Waals surface area contributed by atoms with Crippen molar-refractivity contribution >= 4 is 29.3 Å². The first-order valence-electron chi connectivity index (χ1n) is 23.2. The molecular formula is C50H75ClN2O6. The van der Waals surface area contributed by atoms with Crippen LogP contribution < -0.4 is 0 Å². The van der Waals surface area contributed by atoms with E-state index in [-0.39, 0.29) is 51.8 Å². The van der Waals surface area contributed by atoms with Gasteiger partial charge in [-0.1, -0.05) is 77.8 Å². The number of benzene rings is 1. The molecule has 0 bridgehead atoms. The van der Waals surface area contributed by atoms with Crippen LogP contribution in [0.1, 0.15) is 145 Å². The van der Waals surface area contributed by atoms with E-state index >= 15 is 0 Å². The first-order chi connectivity index (χ1) is 27.6. The number of aliphatic hydroxyl groups is 1. The lowest BCUT2D eigenvalue weighted by molar-refractivity contribution is -0.235. The fraction of sp³-hybridized carbons (Fsp3) is 0.780. The maximum absolute atomic E-state index is 14.4. The third-order valence-corrected chi connectivity index (χ3v) is 18.4. The lowest BCUT2D eigenvalue weighted by Gasteiger charge is -2.72. The van der Waals surface area contributed by atoms with E-state index in [9.17, 15) is 24.6 Å². The maximum atomic E-state index is 14.4. The van der Waals surface area contributed by atoms with Gasteiger partial charge in [0.1, 0.15) is 6.10 Å². The van der Waals surface area contributed by atoms with E-state index in [0.29, 0.717) is 24.8 Å². The molecule has 1 aromatic carbocycles. The number of rotatable bonds is 13. The minimum absolute atomic E-state index is 0.0260. The number of allylic oxidation sites excluding steroid dienone is 1. The number of hydrogen-bond donors (Lipinski definition) is 2. The Morgan fingerprint density at radius 1 is 0.932 bits per heavy atom. The number of aliphatic carboxylic acids is 1. The fourth-order valence-electron chi connectivity index (χ4n) is 14.7. The molecular weight excluding hydrogens is 760 g/mol. The van der Waals surface area contributed by atoms with Crippen LogP contribution in [-0.2, 0) is 25.7 Å². The van der Waals surface area contributed by atoms with E-state index in [1.54, 1.807) is 13.8 Å². The second kappa shape index (κ2) is 16.1. The predicted molar refractivity (Wildman–Crippen MR) is 234 cm³/mol. The zero-order valence-electron chi connectivity index (χ0n) is 37.8. The van der Waals surface area contributed by atoms with Crippen LogP contribution in [0.3, 0.4) is 0 Å². The lowest BCUT2D eigenvalue weighted by Crippen LogP contribution is -2.66. The fourth-order valence-corrected chi connectivity index (χ4v) is 14.8. The van der Waals surface area contributed by atoms with Gasteiger partial charge in [0.25, 0.3) is 0 Å². The van der Waals surface area contributed by atoms with Crippen molar-refractivity contribution in [3.8, 4) is 0 Å². The number of carbonyl (C=O) groups is 3. The lowest BCUT2D eigenvalue weighted by atomic mass is 9.33. The van der Waals surface area contributed by atoms with Gasteiger partial charge in [-0.3, -0.25) is 19.3 Å². The quantitative estimate of drug-likeness (QED) is 0.189. The average Bonchev–Trinajstić information content (AvgIpc) is 3.79. The molecule has 0 radical (unpaired) electrons. The monoisotopic (exact) mass is 835 g/mol. The standard InChI is InChI=1S/C50H75ClN2O6/c1-32(2)42-36(54)28-50(39(55)31-53(27-26-52-24-10-11-25-52)30-33-12-14-34(51)15-13-33)23-22-48(8)35(43(42)50)16-17-38-47(7)20-19-40(59-41(56)29-45(3,4)44(57)58)46(5,6)37(47)18-21-49(38,48)9/h12-15,32,35,37-40,55H,10-11,16-31H2,1-9H3,(H,57,58)/t35-,37+,38?,39-,40+,47+,48-,49-,50+/m1/s1. The van der Waals surface area contributed by atoms with Crippen LogP contribution in [0.25, 0.3) is 0 Å². The predicted octanol–water partition coefficient (Wildman–Crippen LogP) is 9.99. The van der Waals surface area contributed by atoms with Gasteiger partial charge in [0.15, 0.2) is 5.78 Å². The van der Waals surface area contributed by atoms with E-state index < -0.39 is 28.9 Å². The highest BCUT2D eigenvalue weighted by Crippen LogP contribution is 2.77. The van der Waals surface area contributed by atoms with Gasteiger partial charge < -0.3 is 19.8 Å². The summed E-state index contributed by atoms with van der Waals surface area (Å²) in [6.45, 7) is 25.2. The molecule has 2 N–H and O–H groups in total. The molecule has 59 heavy (non-hydrogen) atoms. The molecule has 4 saturated carbocycles. The molecule has 328 valence electrons. The van der Waals surface area contributed by atoms with Crippen LogP contribution in [0.2, 0.25) is 5.02 Å². The number of hydrogen-bond acceptors (Lipinski definition) is 7. The van der Waals surface area contributed by atoms with Crippen molar-refractivity contribution in [1.29, 1.82) is 0 Å². The van der Waals surface area contributed by atoms with Crippen molar-refractivity contribution in [2.24, 2.45) is 56.2 Å². The molecule has 9 atom stereocenters. The Balaban J connectivity index is 1.15. The number of ether oxygens (including phenoxy) is 1. The summed E-state index contributed by atoms with van der Waals surface area (Å²) in [5.41, 5.74) is 1.62. The summed E-state index contributed by atoms with van der Waals surface area (Å²) in [6, 6.07) is 8.10. The Bertz CT molecular complexity index is 1800. The highest BCUT2D eigenvalue weighted by molar-refractivity contribution is 6.30. The van der Waals surface area contributed by atoms with Crippen LogP contribution in [-0.4, -0.2) is 82.7 Å². The molecule has 1 aliphatic heterocycles. The number of ketones is 1. The number of likely N-dealkylation sites (tertiary alicyclic amines) is 1. The third kappa shape index (κ3) is 7.68. The molecule has 5 fully saturated rings. The Hall–Kier alpha value is -2.26. The topological polar surface area (TPSA) is 107 Å². The van der Waals surface area contributed by atoms with Crippen LogP contribution in [0.15, 0.2) is 35.4 Å². The highest BCUT2D eigenvalue weighted by atomic mass is 35.5. The van der Waals surface area contributed by atoms with E-state index in [4.69, 9.17) is 16.3 Å². The molecule has 5 aliphatic carbocycles. The Morgan fingerprint density at radius 3 is 2.25 bits per heavy atom. The maximum Gasteiger partial charge on any atom is 0.309 e. The second-order valence-corrected chi connectivity index (χ2v) is 22.9. The van der Waals surface area contributed by atoms with Crippen molar-refractivity contribution in [2.75, 3.05) is 32.7 Å². The second-order valence-electron chi connectivity index (χ2n) is 22.5. The molecule has 9 heteroatoms. The number of halogens is 1. The third-order valence-electron chi connectivity index (χ3n) is 18.2. The van der Waals surface area contributed by atoms with E-state index in [1.807, 2.05) is 12.1 Å². The summed E-state index contributed by atoms with van der Waals surface area (Å²) in [6.07, 6.45) is 9.72. The molecule has 1 aromatic rings. The first kappa shape index (κ1) is 44.8. The molecule has 8 nitrogen and oxygen atoms in total. The number of esters is 1. The Morgan fingerprint density at radius 2 is 1.61 bits per heavy atom. The first-order valence-corrected chi connectivity index (χ1v) is 23.5. The molecule has 1 heterocycles. The van der Waals surface area contributed by atoms with Gasteiger partial charge in [-0.2, -0.15) is 0 Å². The molecule has 0 aromatic heterocycles. The van der Waals surface area contributed by atoms with Crippen LogP contribution in [0.4, 0.5) is 0 Å². The summed E-state index contributed by atoms with van der Waals surface area (Å²) in [5.74, 6) is 0.0422. The van der Waals surface area contributed by atoms with Gasteiger partial charge in [-0.15, -0.1) is 0 Å². The SMILES string of the molecule is CC(C)C1=C2[C@H]3CCC4[C@@]5(C)CC[C@H](OC(=O)CC(C)(C)C(=O)O)C(C)(C)[C@@H]5CC[C@@]4(C)[C@]3(C)CC[C@@]2([C@H](O)CN(CCN2CCCC2)Cc2ccc(Cl)cc2)CC1=O. The smallest absolute Gasteiger partial charge is 0.309 e. The van der Waals surface area contributed by atoms with Crippen molar-refractivity contribution < 1.29 is 29.3 Å². The van der Waals surface area contributed by atoms with Crippen molar-refractivity contribution in [3.63, 3.8) is 0 Å². The summed E-state index contributed by atoms with van der Waals surface area (Å²) < 4.78 is 6.21.